The summed E-state index contributed by atoms with van der Waals surface area (Å²) in [6, 6.07) is 0. The number of carbonyl (C=O) groups excluding carboxylic acids is 1. The molecule has 0 atom stereocenters. The van der Waals surface area contributed by atoms with Crippen LogP contribution >= 0.6 is 0 Å². The normalized spacial score (nSPS) is 21.5. The van der Waals surface area contributed by atoms with Crippen LogP contribution in [-0.4, -0.2) is 23.0 Å². The highest BCUT2D eigenvalue weighted by atomic mass is 16.2. The van der Waals surface area contributed by atoms with E-state index in [0.717, 1.165) is 13.0 Å². The van der Waals surface area contributed by atoms with Crippen molar-refractivity contribution >= 4 is 5.91 Å². The lowest BCUT2D eigenvalue weighted by atomic mass is 10.1. The second kappa shape index (κ2) is 2.81. The lowest BCUT2D eigenvalue weighted by molar-refractivity contribution is -0.132. The third-order valence-corrected chi connectivity index (χ3v) is 1.85. The predicted octanol–water partition coefficient (Wildman–Crippen LogP) is 0.912. The maximum absolute atomic E-state index is 11.0. The molecule has 0 aromatic carbocycles. The van der Waals surface area contributed by atoms with Crippen molar-refractivity contribution in [1.82, 2.24) is 10.4 Å². The standard InChI is InChI=1S/C8H16N2O/c1-8(2,3)10-6-4-5-7(11)9-10/h4-6H2,1-3H3,(H,9,11). The van der Waals surface area contributed by atoms with Crippen LogP contribution in [0.4, 0.5) is 0 Å². The number of nitrogens with zero attached hydrogens (tertiary/aromatic N) is 1. The Morgan fingerprint density at radius 2 is 2.09 bits per heavy atom. The van der Waals surface area contributed by atoms with Gasteiger partial charge >= 0.3 is 0 Å². The molecular formula is C8H16N2O. The monoisotopic (exact) mass is 156 g/mol. The zero-order valence-corrected chi connectivity index (χ0v) is 7.48. The smallest absolute Gasteiger partial charge is 0.234 e. The van der Waals surface area contributed by atoms with E-state index >= 15 is 0 Å². The average Bonchev–Trinajstić information content (AvgIpc) is 1.86. The summed E-state index contributed by atoms with van der Waals surface area (Å²) in [4.78, 5) is 11.0. The van der Waals surface area contributed by atoms with Crippen molar-refractivity contribution < 1.29 is 4.79 Å². The second-order valence-corrected chi connectivity index (χ2v) is 3.96. The van der Waals surface area contributed by atoms with Gasteiger partial charge in [0.1, 0.15) is 0 Å². The Kier molecular flexibility index (Phi) is 2.18. The van der Waals surface area contributed by atoms with Crippen LogP contribution < -0.4 is 5.43 Å². The molecule has 3 nitrogen and oxygen atoms in total. The highest BCUT2D eigenvalue weighted by Gasteiger charge is 2.25. The van der Waals surface area contributed by atoms with Gasteiger partial charge in [0.05, 0.1) is 0 Å². The lowest BCUT2D eigenvalue weighted by Gasteiger charge is -2.38. The van der Waals surface area contributed by atoms with Gasteiger partial charge in [-0.05, 0) is 27.2 Å². The van der Waals surface area contributed by atoms with Crippen LogP contribution in [0.25, 0.3) is 0 Å². The van der Waals surface area contributed by atoms with E-state index in [1.165, 1.54) is 0 Å². The van der Waals surface area contributed by atoms with Gasteiger partial charge in [0.25, 0.3) is 0 Å². The van der Waals surface area contributed by atoms with Crippen LogP contribution in [0, 0.1) is 0 Å². The molecule has 1 heterocycles. The fraction of sp³-hybridized carbons (Fsp3) is 0.875. The van der Waals surface area contributed by atoms with Gasteiger partial charge in [0.15, 0.2) is 0 Å². The molecule has 0 bridgehead atoms. The molecule has 1 aliphatic heterocycles. The Labute approximate surface area is 67.7 Å². The Morgan fingerprint density at radius 1 is 1.45 bits per heavy atom. The highest BCUT2D eigenvalue weighted by Crippen LogP contribution is 2.14. The molecule has 1 saturated heterocycles. The molecule has 0 radical (unpaired) electrons. The minimum Gasteiger partial charge on any atom is -0.288 e. The molecule has 1 rings (SSSR count). The minimum absolute atomic E-state index is 0.0517. The fourth-order valence-electron chi connectivity index (χ4n) is 1.16. The molecule has 0 spiro atoms. The molecule has 0 aromatic heterocycles. The van der Waals surface area contributed by atoms with E-state index in [4.69, 9.17) is 0 Å². The minimum atomic E-state index is 0.0517. The van der Waals surface area contributed by atoms with Crippen LogP contribution in [0.3, 0.4) is 0 Å². The first-order valence-electron chi connectivity index (χ1n) is 4.07. The Bertz CT molecular complexity index is 160. The summed E-state index contributed by atoms with van der Waals surface area (Å²) in [5.41, 5.74) is 2.90. The highest BCUT2D eigenvalue weighted by molar-refractivity contribution is 5.76. The van der Waals surface area contributed by atoms with Crippen molar-refractivity contribution in [3.8, 4) is 0 Å². The number of hydrogen-bond donors (Lipinski definition) is 1. The summed E-state index contributed by atoms with van der Waals surface area (Å²) >= 11 is 0. The summed E-state index contributed by atoms with van der Waals surface area (Å²) < 4.78 is 0. The molecule has 0 unspecified atom stereocenters. The van der Waals surface area contributed by atoms with Gasteiger partial charge in [-0.25, -0.2) is 5.01 Å². The number of amides is 1. The summed E-state index contributed by atoms with van der Waals surface area (Å²) in [5.74, 6) is 0.145. The van der Waals surface area contributed by atoms with Crippen LogP contribution in [0.2, 0.25) is 0 Å². The molecule has 3 heteroatoms. The first-order valence-corrected chi connectivity index (χ1v) is 4.07. The SMILES string of the molecule is CC(C)(C)N1CCCC(=O)N1. The van der Waals surface area contributed by atoms with Gasteiger partial charge in [-0.3, -0.25) is 10.2 Å². The van der Waals surface area contributed by atoms with Crippen molar-refractivity contribution in [1.29, 1.82) is 0 Å². The largest absolute Gasteiger partial charge is 0.288 e. The zero-order chi connectivity index (χ0) is 8.48. The average molecular weight is 156 g/mol. The number of rotatable bonds is 0. The third-order valence-electron chi connectivity index (χ3n) is 1.85. The van der Waals surface area contributed by atoms with Crippen LogP contribution in [0.5, 0.6) is 0 Å². The molecule has 1 fully saturated rings. The van der Waals surface area contributed by atoms with Crippen molar-refractivity contribution in [2.24, 2.45) is 0 Å². The number of carbonyl (C=O) groups is 1. The molecule has 1 N–H and O–H groups in total. The molecule has 1 aliphatic rings. The van der Waals surface area contributed by atoms with Crippen LogP contribution in [0.15, 0.2) is 0 Å². The topological polar surface area (TPSA) is 32.3 Å². The van der Waals surface area contributed by atoms with Crippen molar-refractivity contribution in [3.05, 3.63) is 0 Å². The predicted molar refractivity (Wildman–Crippen MR) is 43.8 cm³/mol. The van der Waals surface area contributed by atoms with E-state index in [-0.39, 0.29) is 11.4 Å². The van der Waals surface area contributed by atoms with Crippen molar-refractivity contribution in [2.45, 2.75) is 39.2 Å². The molecular weight excluding hydrogens is 140 g/mol. The summed E-state index contributed by atoms with van der Waals surface area (Å²) in [5, 5.41) is 2.00. The van der Waals surface area contributed by atoms with Crippen LogP contribution in [0.1, 0.15) is 33.6 Å². The Morgan fingerprint density at radius 3 is 2.45 bits per heavy atom. The summed E-state index contributed by atoms with van der Waals surface area (Å²) in [6.45, 7) is 7.26. The maximum atomic E-state index is 11.0. The molecule has 64 valence electrons. The molecule has 0 aromatic rings. The molecule has 1 amide bonds. The molecule has 0 aliphatic carbocycles. The number of hydrazine groups is 1. The second-order valence-electron chi connectivity index (χ2n) is 3.96. The van der Waals surface area contributed by atoms with Gasteiger partial charge in [-0.1, -0.05) is 0 Å². The van der Waals surface area contributed by atoms with E-state index in [9.17, 15) is 4.79 Å². The van der Waals surface area contributed by atoms with Gasteiger partial charge < -0.3 is 0 Å². The fourth-order valence-corrected chi connectivity index (χ4v) is 1.16. The lowest BCUT2D eigenvalue weighted by Crippen LogP contribution is -2.55. The maximum Gasteiger partial charge on any atom is 0.234 e. The Balaban J connectivity index is 2.53. The molecule has 0 saturated carbocycles. The third kappa shape index (κ3) is 2.19. The van der Waals surface area contributed by atoms with Crippen molar-refractivity contribution in [2.75, 3.05) is 6.54 Å². The van der Waals surface area contributed by atoms with Gasteiger partial charge in [-0.15, -0.1) is 0 Å². The summed E-state index contributed by atoms with van der Waals surface area (Å²) in [6.07, 6.45) is 1.65. The zero-order valence-electron chi connectivity index (χ0n) is 7.48. The number of nitrogens with one attached hydrogen (secondary N) is 1. The summed E-state index contributed by atoms with van der Waals surface area (Å²) in [7, 11) is 0. The first kappa shape index (κ1) is 8.53. The van der Waals surface area contributed by atoms with E-state index in [1.807, 2.05) is 5.01 Å². The van der Waals surface area contributed by atoms with Crippen LogP contribution in [-0.2, 0) is 4.79 Å². The van der Waals surface area contributed by atoms with E-state index < -0.39 is 0 Å². The Hall–Kier alpha value is -0.570. The van der Waals surface area contributed by atoms with E-state index in [1.54, 1.807) is 0 Å². The van der Waals surface area contributed by atoms with Gasteiger partial charge in [-0.2, -0.15) is 0 Å². The number of hydrogen-bond acceptors (Lipinski definition) is 2. The van der Waals surface area contributed by atoms with Gasteiger partial charge in [0, 0.05) is 18.5 Å². The first-order chi connectivity index (χ1) is 5.00. The van der Waals surface area contributed by atoms with E-state index in [2.05, 4.69) is 26.2 Å². The quantitative estimate of drug-likeness (QED) is 0.565. The molecule has 11 heavy (non-hydrogen) atoms. The van der Waals surface area contributed by atoms with E-state index in [0.29, 0.717) is 6.42 Å². The van der Waals surface area contributed by atoms with Crippen molar-refractivity contribution in [3.63, 3.8) is 0 Å². The van der Waals surface area contributed by atoms with Gasteiger partial charge in [0.2, 0.25) is 5.91 Å².